The highest BCUT2D eigenvalue weighted by molar-refractivity contribution is 4.82. The summed E-state index contributed by atoms with van der Waals surface area (Å²) in [6.07, 6.45) is 3.88. The van der Waals surface area contributed by atoms with Crippen LogP contribution in [0.4, 0.5) is 0 Å². The lowest BCUT2D eigenvalue weighted by molar-refractivity contribution is 0.119. The normalized spacial score (nSPS) is 35.5. The first-order valence-electron chi connectivity index (χ1n) is 5.38. The van der Waals surface area contributed by atoms with Crippen LogP contribution < -0.4 is 5.32 Å². The molecule has 3 nitrogen and oxygen atoms in total. The van der Waals surface area contributed by atoms with Crippen molar-refractivity contribution >= 4 is 0 Å². The van der Waals surface area contributed by atoms with Gasteiger partial charge in [-0.3, -0.25) is 4.90 Å². The summed E-state index contributed by atoms with van der Waals surface area (Å²) in [5, 5.41) is 3.46. The fourth-order valence-electron chi connectivity index (χ4n) is 2.32. The maximum Gasteiger partial charge on any atom is 0.0622 e. The molecule has 2 unspecified atom stereocenters. The van der Waals surface area contributed by atoms with Crippen molar-refractivity contribution in [2.24, 2.45) is 0 Å². The van der Waals surface area contributed by atoms with Gasteiger partial charge < -0.3 is 10.1 Å². The van der Waals surface area contributed by atoms with Gasteiger partial charge in [0.1, 0.15) is 0 Å². The highest BCUT2D eigenvalue weighted by atomic mass is 16.5. The van der Waals surface area contributed by atoms with E-state index in [0.717, 1.165) is 25.8 Å². The lowest BCUT2D eigenvalue weighted by Gasteiger charge is -2.35. The molecular weight excluding hydrogens is 164 g/mol. The van der Waals surface area contributed by atoms with E-state index in [4.69, 9.17) is 4.74 Å². The Balaban J connectivity index is 1.83. The zero-order valence-electron chi connectivity index (χ0n) is 8.46. The largest absolute Gasteiger partial charge is 0.380 e. The zero-order chi connectivity index (χ0) is 9.10. The minimum Gasteiger partial charge on any atom is -0.380 e. The first kappa shape index (κ1) is 9.44. The standard InChI is InChI=1S/C10H20N2O/c1-12(10-4-6-13-8-10)9-3-2-5-11-7-9/h9-11H,2-8H2,1H3. The van der Waals surface area contributed by atoms with E-state index in [1.54, 1.807) is 0 Å². The summed E-state index contributed by atoms with van der Waals surface area (Å²) >= 11 is 0. The molecule has 2 heterocycles. The van der Waals surface area contributed by atoms with Gasteiger partial charge in [0.15, 0.2) is 0 Å². The van der Waals surface area contributed by atoms with Crippen LogP contribution in [0.2, 0.25) is 0 Å². The van der Waals surface area contributed by atoms with E-state index in [9.17, 15) is 0 Å². The zero-order valence-corrected chi connectivity index (χ0v) is 8.46. The van der Waals surface area contributed by atoms with Crippen LogP contribution >= 0.6 is 0 Å². The molecule has 2 aliphatic rings. The third-order valence-electron chi connectivity index (χ3n) is 3.33. The van der Waals surface area contributed by atoms with Crippen LogP contribution in [0.5, 0.6) is 0 Å². The first-order valence-corrected chi connectivity index (χ1v) is 5.38. The fourth-order valence-corrected chi connectivity index (χ4v) is 2.32. The van der Waals surface area contributed by atoms with Gasteiger partial charge in [-0.15, -0.1) is 0 Å². The second-order valence-electron chi connectivity index (χ2n) is 4.18. The summed E-state index contributed by atoms with van der Waals surface area (Å²) < 4.78 is 5.41. The second kappa shape index (κ2) is 4.40. The molecule has 2 rings (SSSR count). The summed E-state index contributed by atoms with van der Waals surface area (Å²) in [5.41, 5.74) is 0. The maximum atomic E-state index is 5.41. The van der Waals surface area contributed by atoms with Crippen LogP contribution in [0.1, 0.15) is 19.3 Å². The lowest BCUT2D eigenvalue weighted by atomic mass is 10.0. The number of hydrogen-bond donors (Lipinski definition) is 1. The topological polar surface area (TPSA) is 24.5 Å². The number of nitrogens with zero attached hydrogens (tertiary/aromatic N) is 1. The van der Waals surface area contributed by atoms with Crippen molar-refractivity contribution in [1.29, 1.82) is 0 Å². The first-order chi connectivity index (χ1) is 6.38. The van der Waals surface area contributed by atoms with Crippen LogP contribution in [0.3, 0.4) is 0 Å². The quantitative estimate of drug-likeness (QED) is 0.675. The Morgan fingerprint density at radius 2 is 2.23 bits per heavy atom. The average Bonchev–Trinajstić information content (AvgIpc) is 2.71. The van der Waals surface area contributed by atoms with Crippen molar-refractivity contribution in [3.05, 3.63) is 0 Å². The van der Waals surface area contributed by atoms with Crippen LogP contribution in [0.15, 0.2) is 0 Å². The molecule has 2 fully saturated rings. The molecule has 13 heavy (non-hydrogen) atoms. The van der Waals surface area contributed by atoms with Crippen LogP contribution in [0.25, 0.3) is 0 Å². The molecule has 0 radical (unpaired) electrons. The van der Waals surface area contributed by atoms with Gasteiger partial charge in [-0.25, -0.2) is 0 Å². The van der Waals surface area contributed by atoms with E-state index in [1.807, 2.05) is 0 Å². The number of likely N-dealkylation sites (N-methyl/N-ethyl adjacent to an activating group) is 1. The van der Waals surface area contributed by atoms with Gasteiger partial charge in [0.05, 0.1) is 6.61 Å². The molecule has 0 aliphatic carbocycles. The van der Waals surface area contributed by atoms with Gasteiger partial charge in [0, 0.05) is 25.2 Å². The van der Waals surface area contributed by atoms with Crippen LogP contribution in [-0.4, -0.2) is 50.3 Å². The molecule has 76 valence electrons. The van der Waals surface area contributed by atoms with Gasteiger partial charge in [-0.1, -0.05) is 0 Å². The van der Waals surface area contributed by atoms with Crippen molar-refractivity contribution in [2.45, 2.75) is 31.3 Å². The molecule has 0 aromatic rings. The van der Waals surface area contributed by atoms with Gasteiger partial charge in [0.2, 0.25) is 0 Å². The van der Waals surface area contributed by atoms with Gasteiger partial charge in [-0.05, 0) is 32.9 Å². The predicted molar refractivity (Wildman–Crippen MR) is 52.9 cm³/mol. The Kier molecular flexibility index (Phi) is 3.19. The molecule has 2 saturated heterocycles. The van der Waals surface area contributed by atoms with Crippen molar-refractivity contribution in [3.8, 4) is 0 Å². The van der Waals surface area contributed by atoms with E-state index in [2.05, 4.69) is 17.3 Å². The number of hydrogen-bond acceptors (Lipinski definition) is 3. The fraction of sp³-hybridized carbons (Fsp3) is 1.00. The molecule has 0 spiro atoms. The van der Waals surface area contributed by atoms with E-state index in [-0.39, 0.29) is 0 Å². The average molecular weight is 184 g/mol. The molecule has 0 saturated carbocycles. The van der Waals surface area contributed by atoms with Crippen molar-refractivity contribution in [3.63, 3.8) is 0 Å². The highest BCUT2D eigenvalue weighted by Gasteiger charge is 2.26. The summed E-state index contributed by atoms with van der Waals surface area (Å²) in [6, 6.07) is 1.41. The van der Waals surface area contributed by atoms with Crippen LogP contribution in [0, 0.1) is 0 Å². The Labute approximate surface area is 80.4 Å². The third-order valence-corrected chi connectivity index (χ3v) is 3.33. The van der Waals surface area contributed by atoms with Gasteiger partial charge >= 0.3 is 0 Å². The molecule has 3 heteroatoms. The second-order valence-corrected chi connectivity index (χ2v) is 4.18. The van der Waals surface area contributed by atoms with Crippen LogP contribution in [-0.2, 0) is 4.74 Å². The SMILES string of the molecule is CN(C1CCCNC1)C1CCOC1. The summed E-state index contributed by atoms with van der Waals surface area (Å²) in [6.45, 7) is 4.25. The Morgan fingerprint density at radius 1 is 1.31 bits per heavy atom. The smallest absolute Gasteiger partial charge is 0.0622 e. The van der Waals surface area contributed by atoms with E-state index in [0.29, 0.717) is 6.04 Å². The molecule has 0 aromatic heterocycles. The van der Waals surface area contributed by atoms with Crippen molar-refractivity contribution < 1.29 is 4.74 Å². The van der Waals surface area contributed by atoms with Crippen molar-refractivity contribution in [1.82, 2.24) is 10.2 Å². The summed E-state index contributed by atoms with van der Waals surface area (Å²) in [7, 11) is 2.25. The van der Waals surface area contributed by atoms with Gasteiger partial charge in [-0.2, -0.15) is 0 Å². The lowest BCUT2D eigenvalue weighted by Crippen LogP contribution is -2.48. The number of ether oxygens (including phenoxy) is 1. The number of piperidine rings is 1. The highest BCUT2D eigenvalue weighted by Crippen LogP contribution is 2.17. The predicted octanol–water partition coefficient (Wildman–Crippen LogP) is 0.459. The molecular formula is C10H20N2O. The Bertz CT molecular complexity index is 151. The molecule has 0 aromatic carbocycles. The van der Waals surface area contributed by atoms with Gasteiger partial charge in [0.25, 0.3) is 0 Å². The Hall–Kier alpha value is -0.120. The molecule has 2 aliphatic heterocycles. The molecule has 1 N–H and O–H groups in total. The third kappa shape index (κ3) is 2.22. The van der Waals surface area contributed by atoms with E-state index in [1.165, 1.54) is 25.8 Å². The van der Waals surface area contributed by atoms with E-state index < -0.39 is 0 Å². The summed E-state index contributed by atoms with van der Waals surface area (Å²) in [4.78, 5) is 2.51. The minimum absolute atomic E-state index is 0.671. The monoisotopic (exact) mass is 184 g/mol. The number of rotatable bonds is 2. The molecule has 2 atom stereocenters. The molecule has 0 amide bonds. The van der Waals surface area contributed by atoms with E-state index >= 15 is 0 Å². The Morgan fingerprint density at radius 3 is 2.85 bits per heavy atom. The minimum atomic E-state index is 0.671. The van der Waals surface area contributed by atoms with Crippen molar-refractivity contribution in [2.75, 3.05) is 33.4 Å². The molecule has 0 bridgehead atoms. The maximum absolute atomic E-state index is 5.41. The number of nitrogens with one attached hydrogen (secondary N) is 1. The summed E-state index contributed by atoms with van der Waals surface area (Å²) in [5.74, 6) is 0.